The molecule has 0 radical (unpaired) electrons. The van der Waals surface area contributed by atoms with Crippen molar-refractivity contribution in [2.75, 3.05) is 13.2 Å². The van der Waals surface area contributed by atoms with Gasteiger partial charge in [0.05, 0.1) is 19.3 Å². The smallest absolute Gasteiger partial charge is 0.0640 e. The summed E-state index contributed by atoms with van der Waals surface area (Å²) < 4.78 is 0. The van der Waals surface area contributed by atoms with Gasteiger partial charge in [-0.25, -0.2) is 0 Å². The van der Waals surface area contributed by atoms with E-state index in [1.807, 2.05) is 6.92 Å². The van der Waals surface area contributed by atoms with Crippen LogP contribution in [-0.4, -0.2) is 34.6 Å². The van der Waals surface area contributed by atoms with E-state index >= 15 is 0 Å². The van der Waals surface area contributed by atoms with Gasteiger partial charge in [0.25, 0.3) is 0 Å². The fourth-order valence-corrected chi connectivity index (χ4v) is 3.86. The summed E-state index contributed by atoms with van der Waals surface area (Å²) in [6.07, 6.45) is 19.3. The number of unbranched alkanes of at least 4 members (excludes halogenated alkanes) is 12. The van der Waals surface area contributed by atoms with Crippen molar-refractivity contribution in [3.8, 4) is 0 Å². The molecular formula is C24H50O3. The molecule has 0 saturated heterocycles. The quantitative estimate of drug-likeness (QED) is 0.217. The van der Waals surface area contributed by atoms with E-state index in [1.54, 1.807) is 0 Å². The standard InChI is InChI=1S/C24H50O3/c1-4-24(20-25,21-26)23(27)19-17-15-13-11-9-7-5-6-8-10-12-14-16-18-22(2)3/h22-23,25-27H,4-21H2,1-3H3. The monoisotopic (exact) mass is 386 g/mol. The summed E-state index contributed by atoms with van der Waals surface area (Å²) >= 11 is 0. The lowest BCUT2D eigenvalue weighted by Gasteiger charge is -2.33. The molecule has 0 aliphatic carbocycles. The summed E-state index contributed by atoms with van der Waals surface area (Å²) in [7, 11) is 0. The summed E-state index contributed by atoms with van der Waals surface area (Å²) in [5.74, 6) is 0.862. The first kappa shape index (κ1) is 26.9. The summed E-state index contributed by atoms with van der Waals surface area (Å²) in [4.78, 5) is 0. The van der Waals surface area contributed by atoms with Crippen LogP contribution in [0.5, 0.6) is 0 Å². The Hall–Kier alpha value is -0.120. The van der Waals surface area contributed by atoms with Crippen molar-refractivity contribution in [2.24, 2.45) is 11.3 Å². The van der Waals surface area contributed by atoms with Gasteiger partial charge in [0, 0.05) is 5.41 Å². The molecule has 0 aromatic carbocycles. The first-order valence-electron chi connectivity index (χ1n) is 11.9. The van der Waals surface area contributed by atoms with Gasteiger partial charge in [-0.15, -0.1) is 0 Å². The predicted molar refractivity (Wildman–Crippen MR) is 117 cm³/mol. The van der Waals surface area contributed by atoms with Crippen LogP contribution in [0, 0.1) is 11.3 Å². The maximum absolute atomic E-state index is 10.3. The summed E-state index contributed by atoms with van der Waals surface area (Å²) in [5, 5.41) is 29.2. The van der Waals surface area contributed by atoms with Crippen LogP contribution in [0.15, 0.2) is 0 Å². The largest absolute Gasteiger partial charge is 0.396 e. The molecule has 1 atom stereocenters. The van der Waals surface area contributed by atoms with Gasteiger partial charge in [0.15, 0.2) is 0 Å². The molecule has 0 spiro atoms. The van der Waals surface area contributed by atoms with Gasteiger partial charge in [-0.3, -0.25) is 0 Å². The third-order valence-corrected chi connectivity index (χ3v) is 6.30. The maximum Gasteiger partial charge on any atom is 0.0640 e. The molecule has 0 fully saturated rings. The van der Waals surface area contributed by atoms with E-state index in [1.165, 1.54) is 77.0 Å². The van der Waals surface area contributed by atoms with Gasteiger partial charge in [0.1, 0.15) is 0 Å². The average Bonchev–Trinajstić information content (AvgIpc) is 2.66. The number of rotatable bonds is 20. The van der Waals surface area contributed by atoms with Crippen LogP contribution < -0.4 is 0 Å². The van der Waals surface area contributed by atoms with Gasteiger partial charge in [-0.1, -0.05) is 111 Å². The Kier molecular flexibility index (Phi) is 17.9. The van der Waals surface area contributed by atoms with Crippen LogP contribution in [0.4, 0.5) is 0 Å². The Morgan fingerprint density at radius 3 is 1.22 bits per heavy atom. The topological polar surface area (TPSA) is 60.7 Å². The molecule has 0 aliphatic rings. The Bertz CT molecular complexity index is 292. The molecule has 0 rings (SSSR count). The van der Waals surface area contributed by atoms with Gasteiger partial charge < -0.3 is 15.3 Å². The van der Waals surface area contributed by atoms with Crippen LogP contribution in [0.1, 0.15) is 124 Å². The van der Waals surface area contributed by atoms with E-state index in [-0.39, 0.29) is 13.2 Å². The number of hydrogen-bond acceptors (Lipinski definition) is 3. The van der Waals surface area contributed by atoms with Crippen LogP contribution in [0.25, 0.3) is 0 Å². The van der Waals surface area contributed by atoms with Crippen LogP contribution in [0.3, 0.4) is 0 Å². The minimum Gasteiger partial charge on any atom is -0.396 e. The third kappa shape index (κ3) is 13.7. The molecule has 27 heavy (non-hydrogen) atoms. The molecular weight excluding hydrogens is 336 g/mol. The molecule has 3 heteroatoms. The normalized spacial score (nSPS) is 13.4. The van der Waals surface area contributed by atoms with Gasteiger partial charge in [0.2, 0.25) is 0 Å². The molecule has 0 heterocycles. The zero-order valence-electron chi connectivity index (χ0n) is 18.7. The zero-order chi connectivity index (χ0) is 20.4. The second-order valence-corrected chi connectivity index (χ2v) is 9.12. The first-order valence-corrected chi connectivity index (χ1v) is 11.9. The van der Waals surface area contributed by atoms with Crippen molar-refractivity contribution >= 4 is 0 Å². The highest BCUT2D eigenvalue weighted by Gasteiger charge is 2.34. The molecule has 0 aromatic heterocycles. The van der Waals surface area contributed by atoms with E-state index in [0.717, 1.165) is 18.8 Å². The number of aliphatic hydroxyl groups is 3. The van der Waals surface area contributed by atoms with Crippen molar-refractivity contribution in [3.63, 3.8) is 0 Å². The molecule has 164 valence electrons. The molecule has 0 amide bonds. The highest BCUT2D eigenvalue weighted by molar-refractivity contribution is 4.84. The second-order valence-electron chi connectivity index (χ2n) is 9.12. The Balaban J connectivity index is 3.36. The number of aliphatic hydroxyl groups excluding tert-OH is 3. The predicted octanol–water partition coefficient (Wildman–Crippen LogP) is 6.24. The lowest BCUT2D eigenvalue weighted by molar-refractivity contribution is -0.0596. The number of hydrogen-bond donors (Lipinski definition) is 3. The van der Waals surface area contributed by atoms with Crippen molar-refractivity contribution in [1.82, 2.24) is 0 Å². The Labute approximate surface area is 170 Å². The van der Waals surface area contributed by atoms with Crippen LogP contribution in [-0.2, 0) is 0 Å². The van der Waals surface area contributed by atoms with Gasteiger partial charge >= 0.3 is 0 Å². The maximum atomic E-state index is 10.3. The summed E-state index contributed by atoms with van der Waals surface area (Å²) in [5.41, 5.74) is -0.714. The fraction of sp³-hybridized carbons (Fsp3) is 1.00. The minimum atomic E-state index is -0.714. The molecule has 1 unspecified atom stereocenters. The SMILES string of the molecule is CCC(CO)(CO)C(O)CCCCCCCCCCCCCCCC(C)C. The highest BCUT2D eigenvalue weighted by atomic mass is 16.3. The van der Waals surface area contributed by atoms with Crippen molar-refractivity contribution in [1.29, 1.82) is 0 Å². The average molecular weight is 387 g/mol. The summed E-state index contributed by atoms with van der Waals surface area (Å²) in [6, 6.07) is 0. The van der Waals surface area contributed by atoms with E-state index < -0.39 is 11.5 Å². The second kappa shape index (κ2) is 17.9. The van der Waals surface area contributed by atoms with Crippen LogP contribution in [0.2, 0.25) is 0 Å². The molecule has 0 saturated carbocycles. The molecule has 0 aliphatic heterocycles. The fourth-order valence-electron chi connectivity index (χ4n) is 3.86. The lowest BCUT2D eigenvalue weighted by atomic mass is 9.79. The van der Waals surface area contributed by atoms with Crippen molar-refractivity contribution in [3.05, 3.63) is 0 Å². The zero-order valence-corrected chi connectivity index (χ0v) is 18.7. The highest BCUT2D eigenvalue weighted by Crippen LogP contribution is 2.28. The van der Waals surface area contributed by atoms with Gasteiger partial charge in [-0.05, 0) is 18.8 Å². The van der Waals surface area contributed by atoms with Crippen molar-refractivity contribution in [2.45, 2.75) is 130 Å². The van der Waals surface area contributed by atoms with Crippen LogP contribution >= 0.6 is 0 Å². The molecule has 0 aromatic rings. The first-order chi connectivity index (χ1) is 13.0. The van der Waals surface area contributed by atoms with E-state index in [4.69, 9.17) is 0 Å². The van der Waals surface area contributed by atoms with Crippen molar-refractivity contribution < 1.29 is 15.3 Å². The Morgan fingerprint density at radius 1 is 0.593 bits per heavy atom. The molecule has 3 nitrogen and oxygen atoms in total. The Morgan fingerprint density at radius 2 is 0.926 bits per heavy atom. The summed E-state index contributed by atoms with van der Waals surface area (Å²) in [6.45, 7) is 6.27. The minimum absolute atomic E-state index is 0.140. The van der Waals surface area contributed by atoms with E-state index in [0.29, 0.717) is 12.8 Å². The van der Waals surface area contributed by atoms with E-state index in [9.17, 15) is 15.3 Å². The lowest BCUT2D eigenvalue weighted by Crippen LogP contribution is -2.41. The molecule has 3 N–H and O–H groups in total. The van der Waals surface area contributed by atoms with E-state index in [2.05, 4.69) is 13.8 Å². The third-order valence-electron chi connectivity index (χ3n) is 6.30. The molecule has 0 bridgehead atoms. The van der Waals surface area contributed by atoms with Gasteiger partial charge in [-0.2, -0.15) is 0 Å².